The molecule has 0 unspecified atom stereocenters. The van der Waals surface area contributed by atoms with E-state index in [-0.39, 0.29) is 47.8 Å². The Hall–Kier alpha value is -6.15. The SMILES string of the molecule is COCCOCCOCCN(CC(C)(C)SSCCC(=O)NN)c1cc(COc2cc3c(cc2C)C(=O)N2Cc4ccccc4C[C@H]2CN3)cc(COc2cc3c(cc2OC)C(=O)N2Cc4ccccc4C[C@H]2CN3C)c1. The van der Waals surface area contributed by atoms with Crippen molar-refractivity contribution in [2.24, 2.45) is 5.84 Å². The van der Waals surface area contributed by atoms with E-state index < -0.39 is 0 Å². The Bertz CT molecular complexity index is 2910. The van der Waals surface area contributed by atoms with Crippen molar-refractivity contribution in [1.82, 2.24) is 15.2 Å². The molecule has 2 atom stereocenters. The van der Waals surface area contributed by atoms with Gasteiger partial charge in [0.05, 0.1) is 74.7 Å². The van der Waals surface area contributed by atoms with Gasteiger partial charge in [0.25, 0.3) is 11.8 Å². The number of nitrogens with two attached hydrogens (primary N) is 1. The smallest absolute Gasteiger partial charge is 0.256 e. The van der Waals surface area contributed by atoms with Crippen LogP contribution in [0.4, 0.5) is 17.1 Å². The third-order valence-electron chi connectivity index (χ3n) is 14.6. The molecule has 0 saturated heterocycles. The quantitative estimate of drug-likeness (QED) is 0.0178. The van der Waals surface area contributed by atoms with Crippen LogP contribution in [-0.2, 0) is 58.2 Å². The number of methoxy groups -OCH3 is 2. The number of hydrazine groups is 1. The van der Waals surface area contributed by atoms with E-state index >= 15 is 0 Å². The fourth-order valence-electron chi connectivity index (χ4n) is 10.7. The molecule has 0 fully saturated rings. The van der Waals surface area contributed by atoms with Crippen molar-refractivity contribution in [3.05, 3.63) is 141 Å². The van der Waals surface area contributed by atoms with E-state index in [0.717, 1.165) is 46.6 Å². The minimum absolute atomic E-state index is 0.0184. The third-order valence-corrected chi connectivity index (χ3v) is 17.9. The Morgan fingerprint density at radius 2 is 1.39 bits per heavy atom. The summed E-state index contributed by atoms with van der Waals surface area (Å²) in [6.07, 6.45) is 1.90. The van der Waals surface area contributed by atoms with Crippen LogP contribution >= 0.6 is 21.6 Å². The van der Waals surface area contributed by atoms with Crippen LogP contribution in [0.2, 0.25) is 0 Å². The van der Waals surface area contributed by atoms with E-state index in [1.165, 1.54) is 22.3 Å². The van der Waals surface area contributed by atoms with Gasteiger partial charge in [-0.3, -0.25) is 19.8 Å². The molecule has 3 amide bonds. The molecule has 0 spiro atoms. The van der Waals surface area contributed by atoms with E-state index in [2.05, 4.69) is 89.0 Å². The van der Waals surface area contributed by atoms with Gasteiger partial charge in [-0.1, -0.05) is 70.1 Å². The highest BCUT2D eigenvalue weighted by Gasteiger charge is 2.37. The lowest BCUT2D eigenvalue weighted by Gasteiger charge is -2.36. The predicted octanol–water partition coefficient (Wildman–Crippen LogP) is 8.20. The fourth-order valence-corrected chi connectivity index (χ4v) is 13.2. The number of hydrogen-bond donors (Lipinski definition) is 3. The van der Waals surface area contributed by atoms with Gasteiger partial charge in [0.15, 0.2) is 11.5 Å². The van der Waals surface area contributed by atoms with Crippen molar-refractivity contribution in [1.29, 1.82) is 0 Å². The number of benzene rings is 5. The molecule has 9 rings (SSSR count). The second-order valence-electron chi connectivity index (χ2n) is 20.8. The molecule has 77 heavy (non-hydrogen) atoms. The van der Waals surface area contributed by atoms with Crippen LogP contribution < -0.4 is 40.6 Å². The highest BCUT2D eigenvalue weighted by Crippen LogP contribution is 2.42. The molecule has 4 N–H and O–H groups in total. The molecule has 5 aromatic rings. The largest absolute Gasteiger partial charge is 0.493 e. The second-order valence-corrected chi connectivity index (χ2v) is 23.9. The summed E-state index contributed by atoms with van der Waals surface area (Å²) in [5.74, 6) is 7.45. The zero-order chi connectivity index (χ0) is 54.1. The summed E-state index contributed by atoms with van der Waals surface area (Å²) < 4.78 is 36.2. The minimum Gasteiger partial charge on any atom is -0.493 e. The highest BCUT2D eigenvalue weighted by molar-refractivity contribution is 8.77. The summed E-state index contributed by atoms with van der Waals surface area (Å²) in [6, 6.07) is 30.9. The number of ether oxygens (including phenoxy) is 6. The molecule has 0 bridgehead atoms. The lowest BCUT2D eigenvalue weighted by Crippen LogP contribution is -2.47. The molecule has 0 aromatic heterocycles. The number of nitrogens with zero attached hydrogens (tertiary/aromatic N) is 4. The van der Waals surface area contributed by atoms with Gasteiger partial charge in [-0.05, 0) is 103 Å². The van der Waals surface area contributed by atoms with Crippen molar-refractivity contribution < 1.29 is 42.8 Å². The van der Waals surface area contributed by atoms with Crippen LogP contribution in [0.25, 0.3) is 0 Å². The van der Waals surface area contributed by atoms with Crippen LogP contribution in [0.1, 0.15) is 79.9 Å². The zero-order valence-electron chi connectivity index (χ0n) is 45.2. The zero-order valence-corrected chi connectivity index (χ0v) is 46.8. The number of rotatable bonds is 24. The maximum atomic E-state index is 14.4. The molecule has 0 saturated carbocycles. The molecule has 16 nitrogen and oxygen atoms in total. The van der Waals surface area contributed by atoms with E-state index in [4.69, 9.17) is 34.3 Å². The molecular formula is C59H73N7O9S2. The molecule has 0 aliphatic carbocycles. The maximum absolute atomic E-state index is 14.4. The average Bonchev–Trinajstić information content (AvgIpc) is 3.62. The number of carbonyl (C=O) groups is 3. The lowest BCUT2D eigenvalue weighted by molar-refractivity contribution is -0.120. The minimum atomic E-state index is -0.272. The third kappa shape index (κ3) is 13.6. The normalized spacial score (nSPS) is 16.6. The van der Waals surface area contributed by atoms with Crippen LogP contribution in [0, 0.1) is 6.92 Å². The number of fused-ring (bicyclic) bond motifs is 6. The summed E-state index contributed by atoms with van der Waals surface area (Å²) in [5.41, 5.74) is 13.6. The van der Waals surface area contributed by atoms with Crippen molar-refractivity contribution in [2.45, 2.75) is 83.2 Å². The molecular weight excluding hydrogens is 1010 g/mol. The van der Waals surface area contributed by atoms with E-state index in [1.807, 2.05) is 60.2 Å². The van der Waals surface area contributed by atoms with Crippen LogP contribution in [0.5, 0.6) is 17.2 Å². The fraction of sp³-hybridized carbons (Fsp3) is 0.441. The van der Waals surface area contributed by atoms with Gasteiger partial charge in [-0.15, -0.1) is 0 Å². The summed E-state index contributed by atoms with van der Waals surface area (Å²) >= 11 is 0. The first-order valence-electron chi connectivity index (χ1n) is 26.5. The molecule has 4 aliphatic rings. The van der Waals surface area contributed by atoms with Gasteiger partial charge in [0.2, 0.25) is 5.91 Å². The number of hydrogen-bond acceptors (Lipinski definition) is 15. The number of amides is 3. The van der Waals surface area contributed by atoms with Gasteiger partial charge >= 0.3 is 0 Å². The first-order chi connectivity index (χ1) is 37.3. The van der Waals surface area contributed by atoms with Gasteiger partial charge in [0.1, 0.15) is 19.0 Å². The van der Waals surface area contributed by atoms with Crippen molar-refractivity contribution >= 4 is 56.4 Å². The van der Waals surface area contributed by atoms with Gasteiger partial charge in [-0.25, -0.2) is 5.84 Å². The Morgan fingerprint density at radius 3 is 2.06 bits per heavy atom. The first-order valence-corrected chi connectivity index (χ1v) is 28.8. The van der Waals surface area contributed by atoms with E-state index in [9.17, 15) is 14.4 Å². The van der Waals surface area contributed by atoms with Crippen LogP contribution in [-0.4, -0.2) is 131 Å². The first kappa shape index (κ1) is 55.6. The lowest BCUT2D eigenvalue weighted by atomic mass is 9.93. The molecule has 4 heterocycles. The highest BCUT2D eigenvalue weighted by atomic mass is 33.1. The van der Waals surface area contributed by atoms with Gasteiger partial charge in [-0.2, -0.15) is 0 Å². The Kier molecular flexibility index (Phi) is 18.4. The number of nitrogens with one attached hydrogen (secondary N) is 2. The molecule has 18 heteroatoms. The van der Waals surface area contributed by atoms with Gasteiger partial charge in [0, 0.05) is 88.2 Å². The summed E-state index contributed by atoms with van der Waals surface area (Å²) in [5, 5.41) is 3.61. The summed E-state index contributed by atoms with van der Waals surface area (Å²) in [4.78, 5) is 49.1. The van der Waals surface area contributed by atoms with Crippen LogP contribution in [0.3, 0.4) is 0 Å². The number of likely N-dealkylation sites (N-methyl/N-ethyl adjacent to an activating group) is 1. The molecule has 4 aliphatic heterocycles. The Labute approximate surface area is 460 Å². The Morgan fingerprint density at radius 1 is 0.766 bits per heavy atom. The summed E-state index contributed by atoms with van der Waals surface area (Å²) in [7, 11) is 8.65. The Balaban J connectivity index is 0.992. The van der Waals surface area contributed by atoms with Crippen molar-refractivity contribution in [3.63, 3.8) is 0 Å². The molecule has 0 radical (unpaired) electrons. The monoisotopic (exact) mass is 1090 g/mol. The van der Waals surface area contributed by atoms with Crippen molar-refractivity contribution in [3.8, 4) is 17.2 Å². The topological polar surface area (TPSA) is 170 Å². The molecule has 410 valence electrons. The summed E-state index contributed by atoms with van der Waals surface area (Å²) in [6.45, 7) is 12.8. The van der Waals surface area contributed by atoms with Gasteiger partial charge < -0.3 is 53.3 Å². The van der Waals surface area contributed by atoms with Crippen molar-refractivity contribution in [2.75, 3.05) is 101 Å². The second kappa shape index (κ2) is 25.5. The standard InChI is InChI=1S/C59H73N7O9S2/c1-39-23-49-51(61-32-47-27-42-11-7-9-13-44(42)33-65(47)57(49)68)30-53(39)74-36-40-24-41(26-46(25-40)64(16-17-72-20-21-73-19-18-70-5)38-59(2,3)77-76-22-15-56(67)62-60)37-75-55-31-52-50(29-54(55)71-6)58(69)66-34-45-14-10-8-12-43(45)28-48(66)35-63(52)4/h7-14,23-26,29-31,47-48,61H,15-22,27-28,32-38,60H2,1-6H3,(H,62,67)/t47-,48-/m0/s1. The predicted molar refractivity (Wildman–Crippen MR) is 305 cm³/mol. The number of carbonyl (C=O) groups excluding carboxylic acids is 3. The maximum Gasteiger partial charge on any atom is 0.256 e. The average molecular weight is 1090 g/mol. The molecule has 5 aromatic carbocycles. The number of anilines is 3. The van der Waals surface area contributed by atoms with E-state index in [0.29, 0.717) is 113 Å². The number of aryl methyl sites for hydroxylation is 1. The van der Waals surface area contributed by atoms with E-state index in [1.54, 1.807) is 35.8 Å². The van der Waals surface area contributed by atoms with Crippen LogP contribution in [0.15, 0.2) is 91.0 Å².